The Balaban J connectivity index is 2.29. The van der Waals surface area contributed by atoms with E-state index in [4.69, 9.17) is 4.74 Å². The molecule has 1 aromatic carbocycles. The van der Waals surface area contributed by atoms with Crippen molar-refractivity contribution in [2.75, 3.05) is 7.11 Å². The van der Waals surface area contributed by atoms with Gasteiger partial charge in [0.25, 0.3) is 0 Å². The van der Waals surface area contributed by atoms with E-state index in [-0.39, 0.29) is 5.97 Å². The van der Waals surface area contributed by atoms with Crippen LogP contribution < -0.4 is 5.32 Å². The summed E-state index contributed by atoms with van der Waals surface area (Å²) in [6.07, 6.45) is 3.45. The predicted molar refractivity (Wildman–Crippen MR) is 76.1 cm³/mol. The molecule has 2 atom stereocenters. The van der Waals surface area contributed by atoms with E-state index in [0.29, 0.717) is 6.04 Å². The molecule has 0 heterocycles. The summed E-state index contributed by atoms with van der Waals surface area (Å²) in [5.74, 6) is -0.137. The minimum Gasteiger partial charge on any atom is -0.468 e. The Hall–Kier alpha value is -1.35. The zero-order valence-corrected chi connectivity index (χ0v) is 12.0. The SMILES string of the molecule is CCC(C)NC1(C(=O)OC)CCc2ccccc2C1. The average molecular weight is 261 g/mol. The Bertz CT molecular complexity index is 458. The third-order valence-electron chi connectivity index (χ3n) is 4.14. The predicted octanol–water partition coefficient (Wildman–Crippen LogP) is 2.48. The number of fused-ring (bicyclic) bond motifs is 1. The van der Waals surface area contributed by atoms with Crippen molar-refractivity contribution in [3.05, 3.63) is 35.4 Å². The van der Waals surface area contributed by atoms with E-state index >= 15 is 0 Å². The van der Waals surface area contributed by atoms with Crippen LogP contribution in [0.25, 0.3) is 0 Å². The molecule has 3 nitrogen and oxygen atoms in total. The Morgan fingerprint density at radius 3 is 2.74 bits per heavy atom. The van der Waals surface area contributed by atoms with E-state index in [0.717, 1.165) is 25.7 Å². The molecule has 2 unspecified atom stereocenters. The fourth-order valence-corrected chi connectivity index (χ4v) is 2.86. The zero-order valence-electron chi connectivity index (χ0n) is 12.0. The summed E-state index contributed by atoms with van der Waals surface area (Å²) >= 11 is 0. The van der Waals surface area contributed by atoms with Crippen LogP contribution in [0.1, 0.15) is 37.8 Å². The van der Waals surface area contributed by atoms with Crippen LogP contribution in [0.5, 0.6) is 0 Å². The van der Waals surface area contributed by atoms with Crippen molar-refractivity contribution < 1.29 is 9.53 Å². The number of nitrogens with one attached hydrogen (secondary N) is 1. The maximum Gasteiger partial charge on any atom is 0.326 e. The second kappa shape index (κ2) is 5.74. The molecule has 1 aromatic rings. The summed E-state index contributed by atoms with van der Waals surface area (Å²) in [6.45, 7) is 4.24. The first-order chi connectivity index (χ1) is 9.11. The normalized spacial score (nSPS) is 23.5. The molecule has 3 heteroatoms. The van der Waals surface area contributed by atoms with Gasteiger partial charge in [-0.05, 0) is 37.3 Å². The number of methoxy groups -OCH3 is 1. The highest BCUT2D eigenvalue weighted by Crippen LogP contribution is 2.30. The molecule has 0 bridgehead atoms. The van der Waals surface area contributed by atoms with E-state index < -0.39 is 5.54 Å². The van der Waals surface area contributed by atoms with E-state index in [2.05, 4.69) is 37.4 Å². The zero-order chi connectivity index (χ0) is 13.9. The summed E-state index contributed by atoms with van der Waals surface area (Å²) in [5, 5.41) is 3.50. The van der Waals surface area contributed by atoms with Gasteiger partial charge >= 0.3 is 5.97 Å². The Labute approximate surface area is 115 Å². The number of hydrogen-bond donors (Lipinski definition) is 1. The van der Waals surface area contributed by atoms with E-state index in [1.807, 2.05) is 6.07 Å². The van der Waals surface area contributed by atoms with Gasteiger partial charge in [-0.1, -0.05) is 31.2 Å². The highest BCUT2D eigenvalue weighted by Gasteiger charge is 2.42. The minimum absolute atomic E-state index is 0.137. The topological polar surface area (TPSA) is 38.3 Å². The lowest BCUT2D eigenvalue weighted by atomic mass is 9.77. The minimum atomic E-state index is -0.557. The molecule has 0 saturated heterocycles. The van der Waals surface area contributed by atoms with Crippen LogP contribution in [0.4, 0.5) is 0 Å². The molecular weight excluding hydrogens is 238 g/mol. The highest BCUT2D eigenvalue weighted by atomic mass is 16.5. The van der Waals surface area contributed by atoms with Gasteiger partial charge < -0.3 is 4.74 Å². The van der Waals surface area contributed by atoms with Crippen LogP contribution in [0.3, 0.4) is 0 Å². The van der Waals surface area contributed by atoms with Crippen molar-refractivity contribution in [1.82, 2.24) is 5.32 Å². The standard InChI is InChI=1S/C16H23NO2/c1-4-12(2)17-16(15(18)19-3)10-9-13-7-5-6-8-14(13)11-16/h5-8,12,17H,4,9-11H2,1-3H3. The number of benzene rings is 1. The lowest BCUT2D eigenvalue weighted by molar-refractivity contribution is -0.149. The fraction of sp³-hybridized carbons (Fsp3) is 0.562. The fourth-order valence-electron chi connectivity index (χ4n) is 2.86. The van der Waals surface area contributed by atoms with Crippen LogP contribution >= 0.6 is 0 Å². The molecule has 1 aliphatic carbocycles. The van der Waals surface area contributed by atoms with Gasteiger partial charge in [0.05, 0.1) is 7.11 Å². The molecule has 2 rings (SSSR count). The van der Waals surface area contributed by atoms with E-state index in [1.165, 1.54) is 18.2 Å². The van der Waals surface area contributed by atoms with Crippen molar-refractivity contribution in [1.29, 1.82) is 0 Å². The number of esters is 1. The largest absolute Gasteiger partial charge is 0.468 e. The van der Waals surface area contributed by atoms with Crippen molar-refractivity contribution in [2.24, 2.45) is 0 Å². The summed E-state index contributed by atoms with van der Waals surface area (Å²) in [6, 6.07) is 8.68. The van der Waals surface area contributed by atoms with Crippen molar-refractivity contribution in [3.8, 4) is 0 Å². The number of aryl methyl sites for hydroxylation is 1. The third kappa shape index (κ3) is 2.81. The molecule has 19 heavy (non-hydrogen) atoms. The second-order valence-electron chi connectivity index (χ2n) is 5.47. The maximum absolute atomic E-state index is 12.3. The summed E-state index contributed by atoms with van der Waals surface area (Å²) in [4.78, 5) is 12.3. The monoisotopic (exact) mass is 261 g/mol. The molecule has 1 aliphatic rings. The average Bonchev–Trinajstić information content (AvgIpc) is 2.46. The first-order valence-corrected chi connectivity index (χ1v) is 7.04. The van der Waals surface area contributed by atoms with Gasteiger partial charge in [0, 0.05) is 12.5 Å². The van der Waals surface area contributed by atoms with Crippen LogP contribution in [-0.2, 0) is 22.4 Å². The van der Waals surface area contributed by atoms with Crippen molar-refractivity contribution in [2.45, 2.75) is 51.1 Å². The van der Waals surface area contributed by atoms with Gasteiger partial charge in [0.15, 0.2) is 0 Å². The number of rotatable bonds is 4. The van der Waals surface area contributed by atoms with Crippen molar-refractivity contribution in [3.63, 3.8) is 0 Å². The quantitative estimate of drug-likeness (QED) is 0.846. The number of ether oxygens (including phenoxy) is 1. The summed E-state index contributed by atoms with van der Waals surface area (Å²) in [5.41, 5.74) is 2.06. The van der Waals surface area contributed by atoms with E-state index in [1.54, 1.807) is 0 Å². The smallest absolute Gasteiger partial charge is 0.326 e. The van der Waals surface area contributed by atoms with Gasteiger partial charge in [-0.3, -0.25) is 10.1 Å². The van der Waals surface area contributed by atoms with Gasteiger partial charge in [-0.15, -0.1) is 0 Å². The van der Waals surface area contributed by atoms with Crippen LogP contribution in [0.2, 0.25) is 0 Å². The number of hydrogen-bond acceptors (Lipinski definition) is 3. The Kier molecular flexibility index (Phi) is 4.25. The molecule has 104 valence electrons. The molecule has 0 spiro atoms. The molecule has 0 saturated carbocycles. The van der Waals surface area contributed by atoms with Gasteiger partial charge in [0.2, 0.25) is 0 Å². The lowest BCUT2D eigenvalue weighted by Gasteiger charge is -2.38. The number of carbonyl (C=O) groups is 1. The highest BCUT2D eigenvalue weighted by molar-refractivity contribution is 5.82. The van der Waals surface area contributed by atoms with Gasteiger partial charge in [-0.2, -0.15) is 0 Å². The molecule has 0 aromatic heterocycles. The summed E-state index contributed by atoms with van der Waals surface area (Å²) < 4.78 is 5.05. The van der Waals surface area contributed by atoms with Crippen LogP contribution in [0, 0.1) is 0 Å². The first-order valence-electron chi connectivity index (χ1n) is 7.04. The maximum atomic E-state index is 12.3. The lowest BCUT2D eigenvalue weighted by Crippen LogP contribution is -2.58. The molecule has 0 aliphatic heterocycles. The van der Waals surface area contributed by atoms with Gasteiger partial charge in [-0.25, -0.2) is 0 Å². The van der Waals surface area contributed by atoms with Crippen LogP contribution in [0.15, 0.2) is 24.3 Å². The summed E-state index contributed by atoms with van der Waals surface area (Å²) in [7, 11) is 1.48. The second-order valence-corrected chi connectivity index (χ2v) is 5.47. The van der Waals surface area contributed by atoms with Crippen molar-refractivity contribution >= 4 is 5.97 Å². The first kappa shape index (κ1) is 14.1. The van der Waals surface area contributed by atoms with E-state index in [9.17, 15) is 4.79 Å². The van der Waals surface area contributed by atoms with Crippen LogP contribution in [-0.4, -0.2) is 24.7 Å². The number of carbonyl (C=O) groups excluding carboxylic acids is 1. The van der Waals surface area contributed by atoms with Gasteiger partial charge in [0.1, 0.15) is 5.54 Å². The molecule has 0 radical (unpaired) electrons. The molecule has 0 fully saturated rings. The molecule has 0 amide bonds. The Morgan fingerprint density at radius 2 is 2.11 bits per heavy atom. The molecular formula is C16H23NO2. The Morgan fingerprint density at radius 1 is 1.42 bits per heavy atom. The molecule has 1 N–H and O–H groups in total. The third-order valence-corrected chi connectivity index (χ3v) is 4.14.